The van der Waals surface area contributed by atoms with Crippen molar-refractivity contribution in [3.8, 4) is 0 Å². The molecule has 1 aliphatic rings. The van der Waals surface area contributed by atoms with Gasteiger partial charge in [0.2, 0.25) is 0 Å². The van der Waals surface area contributed by atoms with Crippen molar-refractivity contribution in [2.24, 2.45) is 0 Å². The van der Waals surface area contributed by atoms with Crippen molar-refractivity contribution in [3.63, 3.8) is 0 Å². The number of carboxylic acids is 1. The van der Waals surface area contributed by atoms with Crippen molar-refractivity contribution in [2.45, 2.75) is 25.6 Å². The summed E-state index contributed by atoms with van der Waals surface area (Å²) in [5, 5.41) is 16.2. The van der Waals surface area contributed by atoms with Crippen LogP contribution in [0.3, 0.4) is 0 Å². The summed E-state index contributed by atoms with van der Waals surface area (Å²) in [6.45, 7) is 2.63. The largest absolute Gasteiger partial charge is 0.548 e. The van der Waals surface area contributed by atoms with E-state index in [4.69, 9.17) is 0 Å². The van der Waals surface area contributed by atoms with Crippen LogP contribution >= 0.6 is 0 Å². The first kappa shape index (κ1) is 7.50. The minimum Gasteiger partial charge on any atom is -0.548 e. The number of rotatable bonds is 1. The summed E-state index contributed by atoms with van der Waals surface area (Å²) in [5.41, 5.74) is 0. The number of carboxylic acid groups (broad SMARTS) is 1. The predicted octanol–water partition coefficient (Wildman–Crippen LogP) is -1.97. The maximum atomic E-state index is 10.3. The van der Waals surface area contributed by atoms with Gasteiger partial charge in [-0.15, -0.1) is 0 Å². The molecule has 10 heavy (non-hydrogen) atoms. The molecule has 4 nitrogen and oxygen atoms in total. The van der Waals surface area contributed by atoms with Gasteiger partial charge in [0.1, 0.15) is 0 Å². The standard InChI is InChI=1S/C6H12N2O2/c1-4-7-3-2-5(8-4)6(9)10/h4-5,7-8H,2-3H2,1H3,(H,9,10)/p-1/t4?,5-/m1/s1. The van der Waals surface area contributed by atoms with Crippen molar-refractivity contribution in [2.75, 3.05) is 6.54 Å². The highest BCUT2D eigenvalue weighted by Crippen LogP contribution is 1.96. The SMILES string of the molecule is CC1NCC[C@H](C(=O)[O-])N1. The van der Waals surface area contributed by atoms with E-state index in [9.17, 15) is 9.90 Å². The maximum absolute atomic E-state index is 10.3. The summed E-state index contributed by atoms with van der Waals surface area (Å²) in [6.07, 6.45) is 0.684. The Morgan fingerprint density at radius 3 is 2.80 bits per heavy atom. The van der Waals surface area contributed by atoms with E-state index in [-0.39, 0.29) is 6.17 Å². The first-order valence-corrected chi connectivity index (χ1v) is 3.40. The second-order valence-corrected chi connectivity index (χ2v) is 2.50. The van der Waals surface area contributed by atoms with Gasteiger partial charge in [-0.05, 0) is 19.9 Å². The van der Waals surface area contributed by atoms with E-state index in [1.165, 1.54) is 0 Å². The van der Waals surface area contributed by atoms with Crippen LogP contribution in [0.25, 0.3) is 0 Å². The predicted molar refractivity (Wildman–Crippen MR) is 34.0 cm³/mol. The van der Waals surface area contributed by atoms with Crippen molar-refractivity contribution in [3.05, 3.63) is 0 Å². The van der Waals surface area contributed by atoms with E-state index in [1.54, 1.807) is 0 Å². The number of hydrogen-bond donors (Lipinski definition) is 2. The molecule has 58 valence electrons. The number of aliphatic carboxylic acids is 1. The third-order valence-corrected chi connectivity index (χ3v) is 1.62. The van der Waals surface area contributed by atoms with E-state index in [0.29, 0.717) is 6.42 Å². The van der Waals surface area contributed by atoms with Gasteiger partial charge in [-0.1, -0.05) is 0 Å². The zero-order valence-corrected chi connectivity index (χ0v) is 5.89. The van der Waals surface area contributed by atoms with Gasteiger partial charge in [-0.3, -0.25) is 5.32 Å². The Morgan fingerprint density at radius 2 is 2.40 bits per heavy atom. The lowest BCUT2D eigenvalue weighted by atomic mass is 10.1. The lowest BCUT2D eigenvalue weighted by Crippen LogP contribution is -2.58. The van der Waals surface area contributed by atoms with Crippen LogP contribution in [0.15, 0.2) is 0 Å². The average Bonchev–Trinajstić information content (AvgIpc) is 1.88. The second kappa shape index (κ2) is 2.98. The van der Waals surface area contributed by atoms with Gasteiger partial charge < -0.3 is 15.2 Å². The van der Waals surface area contributed by atoms with E-state index < -0.39 is 12.0 Å². The third kappa shape index (κ3) is 1.68. The number of hydrogen-bond acceptors (Lipinski definition) is 4. The Bertz CT molecular complexity index is 138. The first-order valence-electron chi connectivity index (χ1n) is 3.40. The monoisotopic (exact) mass is 143 g/mol. The van der Waals surface area contributed by atoms with Crippen LogP contribution in [0.4, 0.5) is 0 Å². The van der Waals surface area contributed by atoms with Crippen molar-refractivity contribution in [1.82, 2.24) is 10.6 Å². The molecule has 0 aromatic rings. The minimum absolute atomic E-state index is 0.0802. The van der Waals surface area contributed by atoms with Crippen molar-refractivity contribution in [1.29, 1.82) is 0 Å². The first-order chi connectivity index (χ1) is 4.70. The molecule has 1 unspecified atom stereocenters. The summed E-state index contributed by atoms with van der Waals surface area (Å²) in [7, 11) is 0. The molecule has 2 N–H and O–H groups in total. The summed E-state index contributed by atoms with van der Waals surface area (Å²) >= 11 is 0. The van der Waals surface area contributed by atoms with Crippen LogP contribution in [-0.2, 0) is 4.79 Å². The van der Waals surface area contributed by atoms with Gasteiger partial charge in [-0.2, -0.15) is 0 Å². The second-order valence-electron chi connectivity index (χ2n) is 2.50. The van der Waals surface area contributed by atoms with Crippen LogP contribution in [0, 0.1) is 0 Å². The molecule has 2 atom stereocenters. The van der Waals surface area contributed by atoms with Crippen LogP contribution < -0.4 is 15.7 Å². The molecule has 0 saturated carbocycles. The van der Waals surface area contributed by atoms with Gasteiger partial charge in [0.05, 0.1) is 12.1 Å². The van der Waals surface area contributed by atoms with E-state index in [0.717, 1.165) is 6.54 Å². The number of carbonyl (C=O) groups is 1. The molecular formula is C6H11N2O2-. The Hall–Kier alpha value is -0.610. The molecule has 1 aliphatic heterocycles. The highest BCUT2D eigenvalue weighted by atomic mass is 16.4. The Balaban J connectivity index is 2.39. The zero-order valence-electron chi connectivity index (χ0n) is 5.89. The lowest BCUT2D eigenvalue weighted by Gasteiger charge is -2.30. The average molecular weight is 143 g/mol. The van der Waals surface area contributed by atoms with Crippen LogP contribution in [0.1, 0.15) is 13.3 Å². The highest BCUT2D eigenvalue weighted by molar-refractivity contribution is 5.71. The van der Waals surface area contributed by atoms with Gasteiger partial charge in [-0.25, -0.2) is 0 Å². The summed E-state index contributed by atoms with van der Waals surface area (Å²) < 4.78 is 0. The van der Waals surface area contributed by atoms with Gasteiger partial charge >= 0.3 is 0 Å². The zero-order chi connectivity index (χ0) is 7.56. The summed E-state index contributed by atoms with van der Waals surface area (Å²) in [5.74, 6) is -1.01. The minimum atomic E-state index is -1.01. The van der Waals surface area contributed by atoms with Gasteiger partial charge in [0, 0.05) is 6.04 Å². The Morgan fingerprint density at radius 1 is 1.70 bits per heavy atom. The fourth-order valence-corrected chi connectivity index (χ4v) is 1.07. The quantitative estimate of drug-likeness (QED) is 0.447. The topological polar surface area (TPSA) is 64.2 Å². The maximum Gasteiger partial charge on any atom is 0.0585 e. The normalized spacial score (nSPS) is 33.7. The fraction of sp³-hybridized carbons (Fsp3) is 0.833. The molecule has 4 heteroatoms. The van der Waals surface area contributed by atoms with E-state index >= 15 is 0 Å². The van der Waals surface area contributed by atoms with Crippen LogP contribution in [0.2, 0.25) is 0 Å². The molecule has 0 radical (unpaired) electrons. The van der Waals surface area contributed by atoms with E-state index in [1.807, 2.05) is 6.92 Å². The molecule has 0 amide bonds. The molecule has 0 spiro atoms. The molecule has 0 aliphatic carbocycles. The molecular weight excluding hydrogens is 132 g/mol. The molecule has 1 heterocycles. The summed E-state index contributed by atoms with van der Waals surface area (Å²) in [4.78, 5) is 10.3. The van der Waals surface area contributed by atoms with Crippen LogP contribution in [-0.4, -0.2) is 24.7 Å². The summed E-state index contributed by atoms with van der Waals surface area (Å²) in [6, 6.07) is -0.476. The molecule has 1 saturated heterocycles. The number of nitrogens with one attached hydrogen (secondary N) is 2. The van der Waals surface area contributed by atoms with Crippen molar-refractivity contribution < 1.29 is 9.90 Å². The molecule has 0 bridgehead atoms. The fourth-order valence-electron chi connectivity index (χ4n) is 1.07. The van der Waals surface area contributed by atoms with E-state index in [2.05, 4.69) is 10.6 Å². The molecule has 0 aromatic carbocycles. The molecule has 1 fully saturated rings. The third-order valence-electron chi connectivity index (χ3n) is 1.62. The lowest BCUT2D eigenvalue weighted by molar-refractivity contribution is -0.309. The molecule has 0 aromatic heterocycles. The Labute approximate surface area is 59.6 Å². The Kier molecular flexibility index (Phi) is 2.24. The van der Waals surface area contributed by atoms with Crippen molar-refractivity contribution >= 4 is 5.97 Å². The van der Waals surface area contributed by atoms with Gasteiger partial charge in [0.25, 0.3) is 0 Å². The van der Waals surface area contributed by atoms with Crippen LogP contribution in [0.5, 0.6) is 0 Å². The smallest absolute Gasteiger partial charge is 0.0585 e. The number of carbonyl (C=O) groups excluding carboxylic acids is 1. The highest BCUT2D eigenvalue weighted by Gasteiger charge is 2.16. The molecule has 1 rings (SSSR count). The van der Waals surface area contributed by atoms with Gasteiger partial charge in [0.15, 0.2) is 0 Å².